The number of nitrogens with zero attached hydrogens (tertiary/aromatic N) is 2. The van der Waals surface area contributed by atoms with Crippen molar-refractivity contribution in [3.8, 4) is 0 Å². The number of nitrogens with one attached hydrogen (secondary N) is 1. The van der Waals surface area contributed by atoms with Crippen LogP contribution in [0.5, 0.6) is 0 Å². The van der Waals surface area contributed by atoms with Crippen LogP contribution >= 0.6 is 0 Å². The molecule has 1 amide bonds. The van der Waals surface area contributed by atoms with Crippen molar-refractivity contribution in [2.75, 3.05) is 41.5 Å². The molecule has 0 unspecified atom stereocenters. The van der Waals surface area contributed by atoms with Crippen LogP contribution in [-0.4, -0.2) is 69.9 Å². The Kier molecular flexibility index (Phi) is 9.02. The molecule has 0 fully saturated rings. The number of hydrogen-bond acceptors (Lipinski definition) is 8. The van der Waals surface area contributed by atoms with Gasteiger partial charge in [-0.2, -0.15) is 4.39 Å². The van der Waals surface area contributed by atoms with E-state index in [1.165, 1.54) is 33.4 Å². The van der Waals surface area contributed by atoms with Crippen molar-refractivity contribution in [3.63, 3.8) is 0 Å². The Morgan fingerprint density at radius 1 is 1.15 bits per heavy atom. The van der Waals surface area contributed by atoms with Crippen LogP contribution in [0.2, 0.25) is 0 Å². The number of benzene rings is 1. The fourth-order valence-corrected chi connectivity index (χ4v) is 2.02. The topological polar surface area (TPSA) is 112 Å². The molecule has 0 spiro atoms. The molecule has 0 heterocycles. The average Bonchev–Trinajstić information content (AvgIpc) is 2.63. The van der Waals surface area contributed by atoms with Crippen LogP contribution in [0.1, 0.15) is 10.4 Å². The van der Waals surface area contributed by atoms with Gasteiger partial charge in [-0.3, -0.25) is 20.3 Å². The Morgan fingerprint density at radius 3 is 2.04 bits per heavy atom. The molecule has 0 saturated heterocycles. The molecule has 10 nitrogen and oxygen atoms in total. The van der Waals surface area contributed by atoms with E-state index in [-0.39, 0.29) is 18.7 Å². The third kappa shape index (κ3) is 6.28. The lowest BCUT2D eigenvalue weighted by Gasteiger charge is -2.28. The second-order valence-corrected chi connectivity index (χ2v) is 5.07. The van der Waals surface area contributed by atoms with Gasteiger partial charge in [0.2, 0.25) is 5.82 Å². The first-order chi connectivity index (χ1) is 12.4. The summed E-state index contributed by atoms with van der Waals surface area (Å²) in [4.78, 5) is 22.1. The molecule has 1 rings (SSSR count). The van der Waals surface area contributed by atoms with E-state index in [1.54, 1.807) is 0 Å². The molecule has 146 valence electrons. The van der Waals surface area contributed by atoms with Gasteiger partial charge < -0.3 is 18.9 Å². The first kappa shape index (κ1) is 21.9. The van der Waals surface area contributed by atoms with Crippen molar-refractivity contribution in [2.24, 2.45) is 0 Å². The SMILES string of the molecule is COC(CN(CC(OC)OC)NC(=O)c1ccc([N+](=O)[O-])c(F)c1)OC. The molecule has 1 aromatic carbocycles. The maximum absolute atomic E-state index is 13.7. The lowest BCUT2D eigenvalue weighted by atomic mass is 10.2. The van der Waals surface area contributed by atoms with Gasteiger partial charge in [0.15, 0.2) is 12.6 Å². The summed E-state index contributed by atoms with van der Waals surface area (Å²) in [6.45, 7) is 0.245. The van der Waals surface area contributed by atoms with Crippen LogP contribution < -0.4 is 5.43 Å². The smallest absolute Gasteiger partial charge is 0.304 e. The number of nitro groups is 1. The van der Waals surface area contributed by atoms with Crippen molar-refractivity contribution < 1.29 is 33.1 Å². The minimum atomic E-state index is -1.10. The van der Waals surface area contributed by atoms with Gasteiger partial charge in [0.1, 0.15) is 0 Å². The van der Waals surface area contributed by atoms with E-state index in [0.717, 1.165) is 18.2 Å². The standard InChI is InChI=1S/C15H22FN3O7/c1-23-13(24-2)8-18(9-14(25-3)26-4)17-15(20)10-5-6-12(19(21)22)11(16)7-10/h5-7,13-14H,8-9H2,1-4H3,(H,17,20). The van der Waals surface area contributed by atoms with Crippen molar-refractivity contribution in [3.05, 3.63) is 39.7 Å². The largest absolute Gasteiger partial charge is 0.354 e. The van der Waals surface area contributed by atoms with Gasteiger partial charge in [-0.05, 0) is 12.1 Å². The summed E-state index contributed by atoms with van der Waals surface area (Å²) in [5.74, 6) is -1.77. The normalized spacial score (nSPS) is 11.4. The molecular weight excluding hydrogens is 353 g/mol. The third-order valence-corrected chi connectivity index (χ3v) is 3.46. The van der Waals surface area contributed by atoms with E-state index in [0.29, 0.717) is 0 Å². The maximum Gasteiger partial charge on any atom is 0.304 e. The molecule has 0 radical (unpaired) electrons. The highest BCUT2D eigenvalue weighted by Gasteiger charge is 2.22. The van der Waals surface area contributed by atoms with Gasteiger partial charge in [-0.1, -0.05) is 0 Å². The number of amides is 1. The molecule has 0 saturated carbocycles. The van der Waals surface area contributed by atoms with Gasteiger partial charge in [0.25, 0.3) is 5.91 Å². The summed E-state index contributed by atoms with van der Waals surface area (Å²) >= 11 is 0. The number of ether oxygens (including phenoxy) is 4. The van der Waals surface area contributed by atoms with Crippen LogP contribution in [0.3, 0.4) is 0 Å². The highest BCUT2D eigenvalue weighted by atomic mass is 19.1. The highest BCUT2D eigenvalue weighted by Crippen LogP contribution is 2.18. The molecule has 26 heavy (non-hydrogen) atoms. The Hall–Kier alpha value is -2.18. The van der Waals surface area contributed by atoms with E-state index in [9.17, 15) is 19.3 Å². The molecule has 0 aromatic heterocycles. The number of hydrogen-bond donors (Lipinski definition) is 1. The fraction of sp³-hybridized carbons (Fsp3) is 0.533. The molecule has 1 aromatic rings. The molecule has 0 atom stereocenters. The van der Waals surface area contributed by atoms with E-state index in [2.05, 4.69) is 5.43 Å². The summed E-state index contributed by atoms with van der Waals surface area (Å²) < 4.78 is 34.1. The van der Waals surface area contributed by atoms with Crippen molar-refractivity contribution >= 4 is 11.6 Å². The predicted octanol–water partition coefficient (Wildman–Crippen LogP) is 0.919. The predicted molar refractivity (Wildman–Crippen MR) is 87.7 cm³/mol. The lowest BCUT2D eigenvalue weighted by Crippen LogP contribution is -2.50. The molecule has 0 aliphatic heterocycles. The number of nitro benzene ring substituents is 1. The number of rotatable bonds is 11. The fourth-order valence-electron chi connectivity index (χ4n) is 2.02. The van der Waals surface area contributed by atoms with Crippen molar-refractivity contribution in [1.29, 1.82) is 0 Å². The zero-order valence-electron chi connectivity index (χ0n) is 14.9. The van der Waals surface area contributed by atoms with Crippen molar-refractivity contribution in [2.45, 2.75) is 12.6 Å². The van der Waals surface area contributed by atoms with Crippen molar-refractivity contribution in [1.82, 2.24) is 10.4 Å². The first-order valence-electron chi connectivity index (χ1n) is 7.47. The first-order valence-corrected chi connectivity index (χ1v) is 7.47. The van der Waals surface area contributed by atoms with Crippen LogP contribution in [-0.2, 0) is 18.9 Å². The minimum absolute atomic E-state index is 0.0872. The molecule has 0 aliphatic carbocycles. The second kappa shape index (κ2) is 10.7. The lowest BCUT2D eigenvalue weighted by molar-refractivity contribution is -0.387. The zero-order valence-corrected chi connectivity index (χ0v) is 14.9. The second-order valence-electron chi connectivity index (χ2n) is 5.07. The molecule has 11 heteroatoms. The van der Waals surface area contributed by atoms with Gasteiger partial charge >= 0.3 is 5.69 Å². The quantitative estimate of drug-likeness (QED) is 0.345. The van der Waals surface area contributed by atoms with Crippen LogP contribution in [0.15, 0.2) is 18.2 Å². The maximum atomic E-state index is 13.7. The summed E-state index contributed by atoms with van der Waals surface area (Å²) in [5.41, 5.74) is 1.75. The Balaban J connectivity index is 2.92. The molecule has 0 aliphatic rings. The zero-order chi connectivity index (χ0) is 19.7. The van der Waals surface area contributed by atoms with Gasteiger partial charge in [-0.25, -0.2) is 5.01 Å². The number of hydrazine groups is 1. The van der Waals surface area contributed by atoms with E-state index in [4.69, 9.17) is 18.9 Å². The van der Waals surface area contributed by atoms with Gasteiger partial charge in [0.05, 0.1) is 18.0 Å². The molecule has 1 N–H and O–H groups in total. The Morgan fingerprint density at radius 2 is 1.65 bits per heavy atom. The summed E-state index contributed by atoms with van der Waals surface area (Å²) in [7, 11) is 5.74. The number of carbonyl (C=O) groups excluding carboxylic acids is 1. The molecule has 0 bridgehead atoms. The molecular formula is C15H22FN3O7. The van der Waals surface area contributed by atoms with Gasteiger partial charge in [-0.15, -0.1) is 0 Å². The number of methoxy groups -OCH3 is 4. The summed E-state index contributed by atoms with van der Waals surface area (Å²) in [6, 6.07) is 2.87. The van der Waals surface area contributed by atoms with E-state index in [1.807, 2.05) is 0 Å². The third-order valence-electron chi connectivity index (χ3n) is 3.46. The monoisotopic (exact) mass is 375 g/mol. The number of halogens is 1. The Labute approximate surface area is 149 Å². The highest BCUT2D eigenvalue weighted by molar-refractivity contribution is 5.94. The van der Waals surface area contributed by atoms with Gasteiger partial charge in [0, 0.05) is 40.1 Å². The van der Waals surface area contributed by atoms with Crippen LogP contribution in [0, 0.1) is 15.9 Å². The number of carbonyl (C=O) groups is 1. The van der Waals surface area contributed by atoms with Crippen LogP contribution in [0.25, 0.3) is 0 Å². The van der Waals surface area contributed by atoms with E-state index < -0.39 is 34.9 Å². The minimum Gasteiger partial charge on any atom is -0.354 e. The Bertz CT molecular complexity index is 595. The average molecular weight is 375 g/mol. The summed E-state index contributed by atoms with van der Waals surface area (Å²) in [6.07, 6.45) is -1.31. The van der Waals surface area contributed by atoms with Crippen LogP contribution in [0.4, 0.5) is 10.1 Å². The van der Waals surface area contributed by atoms with E-state index >= 15 is 0 Å². The summed E-state index contributed by atoms with van der Waals surface area (Å²) in [5, 5.41) is 12.1.